The summed E-state index contributed by atoms with van der Waals surface area (Å²) >= 11 is 0. The van der Waals surface area contributed by atoms with Crippen LogP contribution in [-0.4, -0.2) is 4.57 Å². The summed E-state index contributed by atoms with van der Waals surface area (Å²) < 4.78 is 2.42. The molecule has 0 aliphatic heterocycles. The highest BCUT2D eigenvalue weighted by atomic mass is 15.2. The van der Waals surface area contributed by atoms with Crippen LogP contribution in [-0.2, 0) is 10.8 Å². The third-order valence-corrected chi connectivity index (χ3v) is 14.0. The highest BCUT2D eigenvalue weighted by Crippen LogP contribution is 2.56. The van der Waals surface area contributed by atoms with Gasteiger partial charge in [0, 0.05) is 38.4 Å². The minimum atomic E-state index is -0.119. The molecule has 296 valence electrons. The Morgan fingerprint density at radius 3 is 1.66 bits per heavy atom. The maximum absolute atomic E-state index is 2.56. The molecule has 1 heterocycles. The summed E-state index contributed by atoms with van der Waals surface area (Å²) in [6.07, 6.45) is 0. The number of hydrogen-bond donors (Lipinski definition) is 0. The van der Waals surface area contributed by atoms with Crippen LogP contribution in [0.2, 0.25) is 0 Å². The topological polar surface area (TPSA) is 8.17 Å². The van der Waals surface area contributed by atoms with Gasteiger partial charge in [-0.2, -0.15) is 0 Å². The third kappa shape index (κ3) is 5.16. The molecule has 0 N–H and O–H groups in total. The molecule has 0 atom stereocenters. The van der Waals surface area contributed by atoms with Crippen LogP contribution >= 0.6 is 0 Å². The minimum Gasteiger partial charge on any atom is -0.309 e. The van der Waals surface area contributed by atoms with Crippen molar-refractivity contribution < 1.29 is 0 Å². The number of rotatable bonds is 6. The zero-order chi connectivity index (χ0) is 41.7. The van der Waals surface area contributed by atoms with Gasteiger partial charge in [-0.3, -0.25) is 0 Å². The van der Waals surface area contributed by atoms with E-state index in [1.165, 1.54) is 88.6 Å². The van der Waals surface area contributed by atoms with E-state index in [0.717, 1.165) is 22.7 Å². The molecule has 2 heteroatoms. The van der Waals surface area contributed by atoms with Crippen molar-refractivity contribution in [1.29, 1.82) is 0 Å². The zero-order valence-electron chi connectivity index (χ0n) is 35.5. The largest absolute Gasteiger partial charge is 0.309 e. The van der Waals surface area contributed by atoms with Gasteiger partial charge in [0.15, 0.2) is 0 Å². The van der Waals surface area contributed by atoms with Gasteiger partial charge < -0.3 is 9.47 Å². The summed E-state index contributed by atoms with van der Waals surface area (Å²) in [5.41, 5.74) is 22.3. The molecule has 0 bridgehead atoms. The second kappa shape index (κ2) is 13.5. The van der Waals surface area contributed by atoms with Gasteiger partial charge in [0.25, 0.3) is 0 Å². The average molecular weight is 795 g/mol. The molecule has 0 amide bonds. The summed E-state index contributed by atoms with van der Waals surface area (Å²) in [6, 6.07) is 76.6. The van der Waals surface area contributed by atoms with Crippen LogP contribution in [0.3, 0.4) is 0 Å². The number of hydrogen-bond acceptors (Lipinski definition) is 1. The molecule has 1 aromatic heterocycles. The van der Waals surface area contributed by atoms with Gasteiger partial charge in [0.1, 0.15) is 0 Å². The summed E-state index contributed by atoms with van der Waals surface area (Å²) in [4.78, 5) is 2.56. The highest BCUT2D eigenvalue weighted by molar-refractivity contribution is 6.17. The van der Waals surface area contributed by atoms with E-state index in [1.54, 1.807) is 0 Å². The Bertz CT molecular complexity index is 3420. The van der Waals surface area contributed by atoms with Crippen molar-refractivity contribution in [3.63, 3.8) is 0 Å². The molecule has 9 aromatic carbocycles. The van der Waals surface area contributed by atoms with Gasteiger partial charge in [-0.05, 0) is 104 Å². The zero-order valence-corrected chi connectivity index (χ0v) is 35.5. The van der Waals surface area contributed by atoms with Crippen LogP contribution in [0, 0.1) is 0 Å². The molecule has 0 fully saturated rings. The number of fused-ring (bicyclic) bond motifs is 9. The Labute approximate surface area is 364 Å². The van der Waals surface area contributed by atoms with E-state index in [2.05, 4.69) is 243 Å². The van der Waals surface area contributed by atoms with Crippen molar-refractivity contribution in [3.8, 4) is 50.2 Å². The molecule has 12 rings (SSSR count). The molecule has 2 nitrogen and oxygen atoms in total. The fourth-order valence-electron chi connectivity index (χ4n) is 11.1. The lowest BCUT2D eigenvalue weighted by atomic mass is 9.81. The maximum Gasteiger partial charge on any atom is 0.0562 e. The molecular weight excluding hydrogens is 749 g/mol. The molecule has 0 radical (unpaired) electrons. The first-order valence-electron chi connectivity index (χ1n) is 21.9. The Morgan fingerprint density at radius 1 is 0.355 bits per heavy atom. The molecule has 10 aromatic rings. The monoisotopic (exact) mass is 794 g/mol. The lowest BCUT2D eigenvalue weighted by Gasteiger charge is -2.31. The van der Waals surface area contributed by atoms with E-state index in [9.17, 15) is 0 Å². The van der Waals surface area contributed by atoms with Crippen LogP contribution in [0.25, 0.3) is 72.0 Å². The number of benzene rings is 9. The van der Waals surface area contributed by atoms with E-state index in [-0.39, 0.29) is 10.8 Å². The van der Waals surface area contributed by atoms with Crippen LogP contribution in [0.1, 0.15) is 49.9 Å². The Balaban J connectivity index is 1.16. The van der Waals surface area contributed by atoms with Crippen molar-refractivity contribution in [1.82, 2.24) is 4.57 Å². The van der Waals surface area contributed by atoms with Gasteiger partial charge >= 0.3 is 0 Å². The molecule has 0 saturated carbocycles. The first-order valence-corrected chi connectivity index (χ1v) is 21.9. The number of para-hydroxylation sites is 4. The van der Waals surface area contributed by atoms with E-state index in [0.29, 0.717) is 0 Å². The van der Waals surface area contributed by atoms with Gasteiger partial charge in [0.05, 0.1) is 28.1 Å². The van der Waals surface area contributed by atoms with Gasteiger partial charge in [0.2, 0.25) is 0 Å². The third-order valence-electron chi connectivity index (χ3n) is 14.0. The predicted octanol–water partition coefficient (Wildman–Crippen LogP) is 16.2. The predicted molar refractivity (Wildman–Crippen MR) is 261 cm³/mol. The number of nitrogens with zero attached hydrogens (tertiary/aromatic N) is 2. The van der Waals surface area contributed by atoms with E-state index in [1.807, 2.05) is 0 Å². The van der Waals surface area contributed by atoms with Gasteiger partial charge in [-0.25, -0.2) is 0 Å². The van der Waals surface area contributed by atoms with Gasteiger partial charge in [-0.15, -0.1) is 0 Å². The Morgan fingerprint density at radius 2 is 0.871 bits per heavy atom. The lowest BCUT2D eigenvalue weighted by molar-refractivity contribution is 0.660. The lowest BCUT2D eigenvalue weighted by Crippen LogP contribution is -2.15. The van der Waals surface area contributed by atoms with Crippen LogP contribution in [0.5, 0.6) is 0 Å². The van der Waals surface area contributed by atoms with Crippen LogP contribution in [0.4, 0.5) is 17.1 Å². The number of anilines is 3. The molecule has 0 saturated heterocycles. The molecule has 2 aliphatic carbocycles. The van der Waals surface area contributed by atoms with Crippen molar-refractivity contribution in [2.75, 3.05) is 4.90 Å². The maximum atomic E-state index is 2.56. The van der Waals surface area contributed by atoms with Crippen molar-refractivity contribution >= 4 is 38.9 Å². The van der Waals surface area contributed by atoms with Crippen LogP contribution in [0.15, 0.2) is 206 Å². The van der Waals surface area contributed by atoms with Crippen molar-refractivity contribution in [2.45, 2.75) is 38.5 Å². The van der Waals surface area contributed by atoms with E-state index < -0.39 is 0 Å². The smallest absolute Gasteiger partial charge is 0.0562 e. The molecule has 62 heavy (non-hydrogen) atoms. The minimum absolute atomic E-state index is 0.116. The first-order chi connectivity index (χ1) is 30.3. The number of aromatic nitrogens is 1. The SMILES string of the molecule is CC1(C)c2ccccc2-c2ccc(-c3ccccc3N(c3ccccc3-c3cccc4c3-c3ccccc3C4(C)C)c3cccc4c3c3ccccc3n4-c3ccccc3)cc21. The second-order valence-electron chi connectivity index (χ2n) is 18.1. The molecule has 2 aliphatic rings. The molecule has 0 spiro atoms. The normalized spacial score (nSPS) is 14.1. The fourth-order valence-corrected chi connectivity index (χ4v) is 11.1. The van der Waals surface area contributed by atoms with Crippen molar-refractivity contribution in [3.05, 3.63) is 229 Å². The Kier molecular flexibility index (Phi) is 7.96. The Hall–Kier alpha value is -7.42. The second-order valence-corrected chi connectivity index (χ2v) is 18.1. The standard InChI is InChI=1S/C60H46N2/c1-59(2)49-29-14-9-25-46(49)57-45(27-18-30-50(57)59)44-24-11-16-32-53(44)62(56-35-19-34-55-58(56)47-26-12-17-33-54(47)61(55)40-20-6-5-7-21-40)52-31-15-10-22-41(52)39-36-37-43-42-23-8-13-28-48(42)60(3,4)51(43)38-39/h5-38H,1-4H3. The first kappa shape index (κ1) is 36.4. The fraction of sp³-hybridized carbons (Fsp3) is 0.100. The van der Waals surface area contributed by atoms with E-state index >= 15 is 0 Å². The average Bonchev–Trinajstić information content (AvgIpc) is 3.87. The molecular formula is C60H46N2. The highest BCUT2D eigenvalue weighted by Gasteiger charge is 2.38. The van der Waals surface area contributed by atoms with Crippen LogP contribution < -0.4 is 4.90 Å². The summed E-state index contributed by atoms with van der Waals surface area (Å²) in [5, 5.41) is 2.43. The van der Waals surface area contributed by atoms with Crippen molar-refractivity contribution in [2.24, 2.45) is 0 Å². The summed E-state index contributed by atoms with van der Waals surface area (Å²) in [6.45, 7) is 9.48. The van der Waals surface area contributed by atoms with Gasteiger partial charge in [-0.1, -0.05) is 185 Å². The van der Waals surface area contributed by atoms with E-state index in [4.69, 9.17) is 0 Å². The molecule has 0 unspecified atom stereocenters. The summed E-state index contributed by atoms with van der Waals surface area (Å²) in [7, 11) is 0. The summed E-state index contributed by atoms with van der Waals surface area (Å²) in [5.74, 6) is 0. The quantitative estimate of drug-likeness (QED) is 0.163.